The molecule has 1 N–H and O–H groups in total. The van der Waals surface area contributed by atoms with Crippen LogP contribution in [0.5, 0.6) is 0 Å². The number of aryl methyl sites for hydroxylation is 1. The molecule has 2 aromatic rings. The predicted molar refractivity (Wildman–Crippen MR) is 89.9 cm³/mol. The molecular weight excluding hydrogens is 278 g/mol. The Morgan fingerprint density at radius 3 is 2.48 bits per heavy atom. The molecule has 1 atom stereocenters. The van der Waals surface area contributed by atoms with Crippen LogP contribution in [-0.4, -0.2) is 6.04 Å². The number of hydrogen-bond donors (Lipinski definition) is 1. The normalized spacial score (nSPS) is 22.6. The molecule has 2 heteroatoms. The third-order valence-corrected chi connectivity index (χ3v) is 4.76. The molecule has 1 nitrogen and oxygen atoms in total. The molecule has 1 aliphatic carbocycles. The van der Waals surface area contributed by atoms with E-state index in [-0.39, 0.29) is 0 Å². The van der Waals surface area contributed by atoms with Crippen molar-refractivity contribution >= 4 is 11.6 Å². The molecule has 0 bridgehead atoms. The van der Waals surface area contributed by atoms with Crippen LogP contribution in [0.1, 0.15) is 48.4 Å². The van der Waals surface area contributed by atoms with E-state index in [0.717, 1.165) is 10.9 Å². The van der Waals surface area contributed by atoms with Crippen LogP contribution in [0.3, 0.4) is 0 Å². The first-order valence-electron chi connectivity index (χ1n) is 7.70. The maximum Gasteiger partial charge on any atom is 0.0406 e. The van der Waals surface area contributed by atoms with Gasteiger partial charge in [-0.3, -0.25) is 0 Å². The van der Waals surface area contributed by atoms with Gasteiger partial charge in [-0.2, -0.15) is 0 Å². The first-order valence-corrected chi connectivity index (χ1v) is 8.07. The summed E-state index contributed by atoms with van der Waals surface area (Å²) in [6.07, 6.45) is 2.47. The van der Waals surface area contributed by atoms with E-state index in [1.165, 1.54) is 29.5 Å². The average Bonchev–Trinajstić information content (AvgIpc) is 2.43. The van der Waals surface area contributed by atoms with Gasteiger partial charge in [-0.15, -0.1) is 0 Å². The van der Waals surface area contributed by atoms with Gasteiger partial charge >= 0.3 is 0 Å². The zero-order valence-corrected chi connectivity index (χ0v) is 13.4. The van der Waals surface area contributed by atoms with Crippen LogP contribution in [0, 0.1) is 6.92 Å². The van der Waals surface area contributed by atoms with Crippen LogP contribution >= 0.6 is 11.6 Å². The average molecular weight is 300 g/mol. The van der Waals surface area contributed by atoms with Crippen LogP contribution in [0.2, 0.25) is 5.02 Å². The number of nitrogens with one attached hydrogen (secondary N) is 1. The van der Waals surface area contributed by atoms with Gasteiger partial charge in [0.2, 0.25) is 0 Å². The second-order valence-corrected chi connectivity index (χ2v) is 6.66. The standard InChI is InChI=1S/C19H22ClN/c1-13-4-3-5-16(10-13)17-11-19(12-17)21-14(2)15-6-8-18(20)9-7-15/h3-10,14,17,19,21H,11-12H2,1-2H3/t14-,17?,19?/m1/s1. The molecule has 21 heavy (non-hydrogen) atoms. The number of halogens is 1. The van der Waals surface area contributed by atoms with Crippen molar-refractivity contribution in [2.75, 3.05) is 0 Å². The fourth-order valence-electron chi connectivity index (χ4n) is 3.15. The molecule has 0 heterocycles. The molecule has 1 fully saturated rings. The zero-order chi connectivity index (χ0) is 14.8. The zero-order valence-electron chi connectivity index (χ0n) is 12.6. The van der Waals surface area contributed by atoms with Crippen LogP contribution in [-0.2, 0) is 0 Å². The third kappa shape index (κ3) is 3.48. The van der Waals surface area contributed by atoms with Crippen molar-refractivity contribution in [3.05, 3.63) is 70.2 Å². The highest BCUT2D eigenvalue weighted by Crippen LogP contribution is 2.38. The minimum absolute atomic E-state index is 0.380. The Kier molecular flexibility index (Phi) is 4.32. The topological polar surface area (TPSA) is 12.0 Å². The quantitative estimate of drug-likeness (QED) is 0.813. The highest BCUT2D eigenvalue weighted by molar-refractivity contribution is 6.30. The van der Waals surface area contributed by atoms with E-state index in [4.69, 9.17) is 11.6 Å². The van der Waals surface area contributed by atoms with E-state index < -0.39 is 0 Å². The lowest BCUT2D eigenvalue weighted by atomic mass is 9.75. The Morgan fingerprint density at radius 1 is 1.10 bits per heavy atom. The lowest BCUT2D eigenvalue weighted by Gasteiger charge is -2.38. The van der Waals surface area contributed by atoms with Gasteiger partial charge in [-0.1, -0.05) is 53.6 Å². The second-order valence-electron chi connectivity index (χ2n) is 6.22. The van der Waals surface area contributed by atoms with E-state index in [1.807, 2.05) is 12.1 Å². The van der Waals surface area contributed by atoms with Gasteiger partial charge < -0.3 is 5.32 Å². The van der Waals surface area contributed by atoms with Gasteiger partial charge in [0.25, 0.3) is 0 Å². The Morgan fingerprint density at radius 2 is 1.81 bits per heavy atom. The Balaban J connectivity index is 1.54. The maximum absolute atomic E-state index is 5.94. The van der Waals surface area contributed by atoms with E-state index in [1.54, 1.807) is 0 Å². The number of benzene rings is 2. The van der Waals surface area contributed by atoms with Gasteiger partial charge in [-0.05, 0) is 55.9 Å². The lowest BCUT2D eigenvalue weighted by molar-refractivity contribution is 0.271. The Bertz CT molecular complexity index is 599. The van der Waals surface area contributed by atoms with Crippen molar-refractivity contribution in [2.45, 2.75) is 44.7 Å². The molecule has 0 amide bonds. The third-order valence-electron chi connectivity index (χ3n) is 4.51. The summed E-state index contributed by atoms with van der Waals surface area (Å²) in [5, 5.41) is 4.52. The highest BCUT2D eigenvalue weighted by Gasteiger charge is 2.31. The summed E-state index contributed by atoms with van der Waals surface area (Å²) < 4.78 is 0. The van der Waals surface area contributed by atoms with Crippen molar-refractivity contribution in [3.63, 3.8) is 0 Å². The summed E-state index contributed by atoms with van der Waals surface area (Å²) in [5.41, 5.74) is 4.16. The molecule has 0 radical (unpaired) electrons. The van der Waals surface area contributed by atoms with Crippen molar-refractivity contribution < 1.29 is 0 Å². The molecule has 0 saturated heterocycles. The van der Waals surface area contributed by atoms with Crippen LogP contribution < -0.4 is 5.32 Å². The van der Waals surface area contributed by atoms with Crippen molar-refractivity contribution in [1.29, 1.82) is 0 Å². The van der Waals surface area contributed by atoms with Gasteiger partial charge in [-0.25, -0.2) is 0 Å². The number of hydrogen-bond acceptors (Lipinski definition) is 1. The Labute approximate surface area is 132 Å². The van der Waals surface area contributed by atoms with Crippen LogP contribution in [0.15, 0.2) is 48.5 Å². The first kappa shape index (κ1) is 14.6. The van der Waals surface area contributed by atoms with Crippen LogP contribution in [0.25, 0.3) is 0 Å². The second kappa shape index (κ2) is 6.21. The molecule has 0 aromatic heterocycles. The van der Waals surface area contributed by atoms with E-state index in [2.05, 4.69) is 55.6 Å². The summed E-state index contributed by atoms with van der Waals surface area (Å²) in [5.74, 6) is 0.722. The highest BCUT2D eigenvalue weighted by atomic mass is 35.5. The SMILES string of the molecule is Cc1cccc(C2CC(N[C@H](C)c3ccc(Cl)cc3)C2)c1. The number of rotatable bonds is 4. The molecule has 1 aliphatic rings. The van der Waals surface area contributed by atoms with Crippen LogP contribution in [0.4, 0.5) is 0 Å². The monoisotopic (exact) mass is 299 g/mol. The van der Waals surface area contributed by atoms with Crippen molar-refractivity contribution in [2.24, 2.45) is 0 Å². The molecular formula is C19H22ClN. The minimum atomic E-state index is 0.380. The molecule has 3 rings (SSSR count). The molecule has 0 spiro atoms. The Hall–Kier alpha value is -1.31. The lowest BCUT2D eigenvalue weighted by Crippen LogP contribution is -2.41. The minimum Gasteiger partial charge on any atom is -0.307 e. The first-order chi connectivity index (χ1) is 10.1. The van der Waals surface area contributed by atoms with Gasteiger partial charge in [0.05, 0.1) is 0 Å². The summed E-state index contributed by atoms with van der Waals surface area (Å²) in [6.45, 7) is 4.39. The smallest absolute Gasteiger partial charge is 0.0406 e. The van der Waals surface area contributed by atoms with Gasteiger partial charge in [0.1, 0.15) is 0 Å². The van der Waals surface area contributed by atoms with Crippen molar-refractivity contribution in [3.8, 4) is 0 Å². The van der Waals surface area contributed by atoms with Gasteiger partial charge in [0.15, 0.2) is 0 Å². The summed E-state index contributed by atoms with van der Waals surface area (Å²) in [4.78, 5) is 0. The molecule has 0 aliphatic heterocycles. The summed E-state index contributed by atoms with van der Waals surface area (Å²) in [7, 11) is 0. The predicted octanol–water partition coefficient (Wildman–Crippen LogP) is 5.25. The maximum atomic E-state index is 5.94. The van der Waals surface area contributed by atoms with E-state index >= 15 is 0 Å². The van der Waals surface area contributed by atoms with Gasteiger partial charge in [0, 0.05) is 17.1 Å². The van der Waals surface area contributed by atoms with E-state index in [0.29, 0.717) is 12.1 Å². The molecule has 1 saturated carbocycles. The fourth-order valence-corrected chi connectivity index (χ4v) is 3.28. The molecule has 0 unspecified atom stereocenters. The fraction of sp³-hybridized carbons (Fsp3) is 0.368. The van der Waals surface area contributed by atoms with Crippen molar-refractivity contribution in [1.82, 2.24) is 5.32 Å². The largest absolute Gasteiger partial charge is 0.307 e. The summed E-state index contributed by atoms with van der Waals surface area (Å²) in [6, 6.07) is 18.1. The molecule has 2 aromatic carbocycles. The van der Waals surface area contributed by atoms with E-state index in [9.17, 15) is 0 Å². The summed E-state index contributed by atoms with van der Waals surface area (Å²) >= 11 is 5.94. The molecule has 110 valence electrons.